The summed E-state index contributed by atoms with van der Waals surface area (Å²) in [6.45, 7) is 2.08. The second kappa shape index (κ2) is 6.43. The first-order valence-corrected chi connectivity index (χ1v) is 8.40. The molecule has 2 heterocycles. The number of rotatable bonds is 5. The van der Waals surface area contributed by atoms with Gasteiger partial charge in [0.1, 0.15) is 6.04 Å². The van der Waals surface area contributed by atoms with Crippen LogP contribution in [0.15, 0.2) is 51.2 Å². The molecule has 1 atom stereocenters. The highest BCUT2D eigenvalue weighted by Crippen LogP contribution is 2.25. The SMILES string of the molecule is Cc1cccc(SCc2noc(C(N)c3cccs3)n2)c1. The molecule has 1 unspecified atom stereocenters. The van der Waals surface area contributed by atoms with Crippen LogP contribution >= 0.6 is 23.1 Å². The van der Waals surface area contributed by atoms with Gasteiger partial charge in [-0.25, -0.2) is 0 Å². The number of aryl methyl sites for hydroxylation is 1. The summed E-state index contributed by atoms with van der Waals surface area (Å²) in [5.41, 5.74) is 7.35. The Morgan fingerprint density at radius 2 is 2.24 bits per heavy atom. The molecule has 3 rings (SSSR count). The predicted octanol–water partition coefficient (Wildman–Crippen LogP) is 3.78. The molecule has 0 saturated carbocycles. The third kappa shape index (κ3) is 3.53. The summed E-state index contributed by atoms with van der Waals surface area (Å²) in [4.78, 5) is 6.61. The van der Waals surface area contributed by atoms with E-state index in [1.807, 2.05) is 23.6 Å². The minimum atomic E-state index is -0.338. The van der Waals surface area contributed by atoms with Gasteiger partial charge in [0, 0.05) is 9.77 Å². The molecule has 3 aromatic rings. The van der Waals surface area contributed by atoms with Gasteiger partial charge in [0.05, 0.1) is 5.75 Å². The van der Waals surface area contributed by atoms with E-state index in [-0.39, 0.29) is 6.04 Å². The predicted molar refractivity (Wildman–Crippen MR) is 85.4 cm³/mol. The van der Waals surface area contributed by atoms with Gasteiger partial charge in [-0.3, -0.25) is 0 Å². The summed E-state index contributed by atoms with van der Waals surface area (Å²) in [5, 5.41) is 5.99. The number of thiophene rings is 1. The van der Waals surface area contributed by atoms with Crippen molar-refractivity contribution in [2.75, 3.05) is 0 Å². The van der Waals surface area contributed by atoms with Gasteiger partial charge in [-0.2, -0.15) is 4.98 Å². The normalized spacial score (nSPS) is 12.5. The van der Waals surface area contributed by atoms with Gasteiger partial charge in [-0.15, -0.1) is 23.1 Å². The summed E-state index contributed by atoms with van der Waals surface area (Å²) >= 11 is 3.28. The smallest absolute Gasteiger partial charge is 0.249 e. The lowest BCUT2D eigenvalue weighted by molar-refractivity contribution is 0.364. The molecule has 0 aliphatic rings. The zero-order valence-electron chi connectivity index (χ0n) is 11.5. The van der Waals surface area contributed by atoms with Gasteiger partial charge in [-0.1, -0.05) is 28.9 Å². The fourth-order valence-corrected chi connectivity index (χ4v) is 3.47. The maximum atomic E-state index is 6.11. The molecular formula is C15H15N3OS2. The summed E-state index contributed by atoms with van der Waals surface area (Å²) in [7, 11) is 0. The molecule has 0 aliphatic carbocycles. The van der Waals surface area contributed by atoms with Gasteiger partial charge in [0.25, 0.3) is 0 Å². The molecule has 0 aliphatic heterocycles. The lowest BCUT2D eigenvalue weighted by Gasteiger charge is -2.02. The zero-order chi connectivity index (χ0) is 14.7. The highest BCUT2D eigenvalue weighted by molar-refractivity contribution is 7.98. The van der Waals surface area contributed by atoms with Crippen LogP contribution in [0, 0.1) is 6.92 Å². The number of benzene rings is 1. The van der Waals surface area contributed by atoms with Crippen molar-refractivity contribution in [3.8, 4) is 0 Å². The molecule has 0 amide bonds. The summed E-state index contributed by atoms with van der Waals surface area (Å²) in [5.74, 6) is 1.81. The Morgan fingerprint density at radius 3 is 3.00 bits per heavy atom. The van der Waals surface area contributed by atoms with Crippen molar-refractivity contribution in [1.82, 2.24) is 10.1 Å². The van der Waals surface area contributed by atoms with E-state index in [2.05, 4.69) is 35.3 Å². The van der Waals surface area contributed by atoms with Gasteiger partial charge in [-0.05, 0) is 30.5 Å². The molecule has 2 N–H and O–H groups in total. The average molecular weight is 317 g/mol. The molecule has 0 spiro atoms. The van der Waals surface area contributed by atoms with E-state index >= 15 is 0 Å². The van der Waals surface area contributed by atoms with Crippen LogP contribution in [0.1, 0.15) is 28.2 Å². The van der Waals surface area contributed by atoms with Crippen LogP contribution in [0.3, 0.4) is 0 Å². The number of hydrogen-bond acceptors (Lipinski definition) is 6. The molecule has 4 nitrogen and oxygen atoms in total. The van der Waals surface area contributed by atoms with E-state index in [0.29, 0.717) is 17.5 Å². The van der Waals surface area contributed by atoms with Crippen molar-refractivity contribution < 1.29 is 4.52 Å². The van der Waals surface area contributed by atoms with Crippen LogP contribution in [0.2, 0.25) is 0 Å². The Hall–Kier alpha value is -1.63. The lowest BCUT2D eigenvalue weighted by Crippen LogP contribution is -2.10. The van der Waals surface area contributed by atoms with Crippen LogP contribution in [-0.4, -0.2) is 10.1 Å². The summed E-state index contributed by atoms with van der Waals surface area (Å²) in [6, 6.07) is 11.9. The van der Waals surface area contributed by atoms with E-state index in [1.165, 1.54) is 10.5 Å². The number of hydrogen-bond donors (Lipinski definition) is 1. The fraction of sp³-hybridized carbons (Fsp3) is 0.200. The van der Waals surface area contributed by atoms with Crippen molar-refractivity contribution in [1.29, 1.82) is 0 Å². The molecule has 2 aromatic heterocycles. The fourth-order valence-electron chi connectivity index (χ4n) is 1.90. The van der Waals surface area contributed by atoms with Crippen molar-refractivity contribution in [2.45, 2.75) is 23.6 Å². The molecule has 108 valence electrons. The molecule has 0 saturated heterocycles. The number of aromatic nitrogens is 2. The summed E-state index contributed by atoms with van der Waals surface area (Å²) < 4.78 is 5.27. The maximum absolute atomic E-state index is 6.11. The minimum Gasteiger partial charge on any atom is -0.337 e. The molecular weight excluding hydrogens is 302 g/mol. The molecule has 21 heavy (non-hydrogen) atoms. The Bertz CT molecular complexity index is 709. The first-order valence-electron chi connectivity index (χ1n) is 6.53. The molecule has 0 fully saturated rings. The van der Waals surface area contributed by atoms with Crippen LogP contribution < -0.4 is 5.73 Å². The molecule has 0 bridgehead atoms. The van der Waals surface area contributed by atoms with Gasteiger partial charge in [0.15, 0.2) is 5.82 Å². The monoisotopic (exact) mass is 317 g/mol. The standard InChI is InChI=1S/C15H15N3OS2/c1-10-4-2-5-11(8-10)21-9-13-17-15(19-18-13)14(16)12-6-3-7-20-12/h2-8,14H,9,16H2,1H3. The van der Waals surface area contributed by atoms with E-state index in [9.17, 15) is 0 Å². The quantitative estimate of drug-likeness (QED) is 0.725. The van der Waals surface area contributed by atoms with Crippen molar-refractivity contribution in [3.05, 3.63) is 63.9 Å². The van der Waals surface area contributed by atoms with Crippen molar-refractivity contribution in [2.24, 2.45) is 5.73 Å². The first-order chi connectivity index (χ1) is 10.2. The van der Waals surface area contributed by atoms with Crippen LogP contribution in [0.4, 0.5) is 0 Å². The Balaban J connectivity index is 1.65. The largest absolute Gasteiger partial charge is 0.337 e. The van der Waals surface area contributed by atoms with E-state index in [1.54, 1.807) is 23.1 Å². The maximum Gasteiger partial charge on any atom is 0.249 e. The second-order valence-corrected chi connectivity index (χ2v) is 6.68. The molecule has 0 radical (unpaired) electrons. The molecule has 6 heteroatoms. The molecule has 1 aromatic carbocycles. The van der Waals surface area contributed by atoms with E-state index in [0.717, 1.165) is 4.88 Å². The average Bonchev–Trinajstić information content (AvgIpc) is 3.16. The van der Waals surface area contributed by atoms with Gasteiger partial charge >= 0.3 is 0 Å². The van der Waals surface area contributed by atoms with Crippen LogP contribution in [-0.2, 0) is 5.75 Å². The van der Waals surface area contributed by atoms with Crippen molar-refractivity contribution in [3.63, 3.8) is 0 Å². The summed E-state index contributed by atoms with van der Waals surface area (Å²) in [6.07, 6.45) is 0. The van der Waals surface area contributed by atoms with Crippen LogP contribution in [0.25, 0.3) is 0 Å². The van der Waals surface area contributed by atoms with Crippen molar-refractivity contribution >= 4 is 23.1 Å². The van der Waals surface area contributed by atoms with E-state index in [4.69, 9.17) is 10.3 Å². The minimum absolute atomic E-state index is 0.338. The number of thioether (sulfide) groups is 1. The third-order valence-electron chi connectivity index (χ3n) is 2.96. The third-order valence-corrected chi connectivity index (χ3v) is 4.90. The Morgan fingerprint density at radius 1 is 1.33 bits per heavy atom. The first kappa shape index (κ1) is 14.3. The highest BCUT2D eigenvalue weighted by atomic mass is 32.2. The topological polar surface area (TPSA) is 64.9 Å². The number of nitrogens with zero attached hydrogens (tertiary/aromatic N) is 2. The lowest BCUT2D eigenvalue weighted by atomic mass is 10.2. The van der Waals surface area contributed by atoms with Gasteiger partial charge in [0.2, 0.25) is 5.89 Å². The Labute approximate surface area is 131 Å². The zero-order valence-corrected chi connectivity index (χ0v) is 13.2. The Kier molecular flexibility index (Phi) is 4.38. The highest BCUT2D eigenvalue weighted by Gasteiger charge is 2.17. The van der Waals surface area contributed by atoms with E-state index < -0.39 is 0 Å². The van der Waals surface area contributed by atoms with Gasteiger partial charge < -0.3 is 10.3 Å². The van der Waals surface area contributed by atoms with Crippen LogP contribution in [0.5, 0.6) is 0 Å². The number of nitrogens with two attached hydrogens (primary N) is 1. The second-order valence-electron chi connectivity index (χ2n) is 4.65.